The summed E-state index contributed by atoms with van der Waals surface area (Å²) in [7, 11) is 0. The smallest absolute Gasteiger partial charge is 0.261 e. The summed E-state index contributed by atoms with van der Waals surface area (Å²) in [6, 6.07) is 10.4. The van der Waals surface area contributed by atoms with E-state index in [0.29, 0.717) is 6.04 Å². The fourth-order valence-corrected chi connectivity index (χ4v) is 5.87. The molecule has 2 aromatic rings. The lowest BCUT2D eigenvalue weighted by atomic mass is 9.98. The molecule has 0 unspecified atom stereocenters. The number of thioether (sulfide) groups is 1. The van der Waals surface area contributed by atoms with Gasteiger partial charge in [0.05, 0.1) is 17.0 Å². The Balaban J connectivity index is 1.43. The van der Waals surface area contributed by atoms with Gasteiger partial charge >= 0.3 is 0 Å². The molecule has 2 aliphatic rings. The highest BCUT2D eigenvalue weighted by Gasteiger charge is 2.33. The average Bonchev–Trinajstić information content (AvgIpc) is 3.08. The van der Waals surface area contributed by atoms with Crippen LogP contribution in [0.25, 0.3) is 10.1 Å². The van der Waals surface area contributed by atoms with Crippen LogP contribution in [-0.4, -0.2) is 58.7 Å². The minimum Gasteiger partial charge on any atom is -0.391 e. The van der Waals surface area contributed by atoms with Gasteiger partial charge in [0.1, 0.15) is 0 Å². The van der Waals surface area contributed by atoms with E-state index >= 15 is 0 Å². The third-order valence-electron chi connectivity index (χ3n) is 5.28. The molecule has 1 amide bonds. The van der Waals surface area contributed by atoms with Crippen LogP contribution in [0, 0.1) is 0 Å². The second-order valence-corrected chi connectivity index (χ2v) is 9.23. The number of carbonyl (C=O) groups is 1. The molecule has 1 aromatic heterocycles. The first kappa shape index (κ1) is 17.3. The van der Waals surface area contributed by atoms with Crippen molar-refractivity contribution in [3.05, 3.63) is 35.2 Å². The normalized spacial score (nSPS) is 26.0. The molecule has 0 saturated carbocycles. The molecule has 134 valence electrons. The zero-order chi connectivity index (χ0) is 17.2. The van der Waals surface area contributed by atoms with E-state index in [9.17, 15) is 9.90 Å². The van der Waals surface area contributed by atoms with Crippen molar-refractivity contribution in [1.29, 1.82) is 0 Å². The van der Waals surface area contributed by atoms with Crippen molar-refractivity contribution in [3.63, 3.8) is 0 Å². The molecule has 0 bridgehead atoms. The minimum atomic E-state index is -0.451. The zero-order valence-electron chi connectivity index (χ0n) is 14.2. The van der Waals surface area contributed by atoms with Gasteiger partial charge in [0.2, 0.25) is 0 Å². The van der Waals surface area contributed by atoms with Gasteiger partial charge in [0.15, 0.2) is 0 Å². The largest absolute Gasteiger partial charge is 0.391 e. The second kappa shape index (κ2) is 7.66. The second-order valence-electron chi connectivity index (χ2n) is 6.92. The van der Waals surface area contributed by atoms with Crippen LogP contribution < -0.4 is 5.32 Å². The van der Waals surface area contributed by atoms with E-state index in [0.717, 1.165) is 34.5 Å². The molecule has 4 rings (SSSR count). The number of hydrogen-bond donors (Lipinski definition) is 2. The van der Waals surface area contributed by atoms with Crippen LogP contribution in [0.2, 0.25) is 0 Å². The van der Waals surface area contributed by atoms with E-state index in [1.807, 2.05) is 42.1 Å². The minimum absolute atomic E-state index is 0.0636. The lowest BCUT2D eigenvalue weighted by molar-refractivity contribution is 0.0264. The summed E-state index contributed by atoms with van der Waals surface area (Å²) in [4.78, 5) is 15.9. The van der Waals surface area contributed by atoms with E-state index in [-0.39, 0.29) is 11.9 Å². The maximum absolute atomic E-state index is 12.7. The highest BCUT2D eigenvalue weighted by molar-refractivity contribution is 7.99. The number of carbonyl (C=O) groups excluding carboxylic acids is 1. The summed E-state index contributed by atoms with van der Waals surface area (Å²) < 4.78 is 1.12. The SMILES string of the molecule is O=C(N[C@@H]1CN(C2CCSCC2)CC[C@@H]1O)c1cc2ccccc2s1. The van der Waals surface area contributed by atoms with Gasteiger partial charge in [0.25, 0.3) is 5.91 Å². The maximum Gasteiger partial charge on any atom is 0.261 e. The maximum atomic E-state index is 12.7. The number of fused-ring (bicyclic) bond motifs is 1. The molecule has 0 spiro atoms. The van der Waals surface area contributed by atoms with Gasteiger partial charge < -0.3 is 10.4 Å². The topological polar surface area (TPSA) is 52.6 Å². The fraction of sp³-hybridized carbons (Fsp3) is 0.526. The standard InChI is InChI=1S/C19H24N2O2S2/c22-16-5-8-21(14-6-9-24-10-7-14)12-15(16)20-19(23)18-11-13-3-1-2-4-17(13)25-18/h1-4,11,14-16,22H,5-10,12H2,(H,20,23)/t15-,16+/m1/s1. The van der Waals surface area contributed by atoms with Crippen LogP contribution >= 0.6 is 23.1 Å². The van der Waals surface area contributed by atoms with Crippen molar-refractivity contribution < 1.29 is 9.90 Å². The lowest BCUT2D eigenvalue weighted by Crippen LogP contribution is -2.57. The highest BCUT2D eigenvalue weighted by Crippen LogP contribution is 2.27. The fourth-order valence-electron chi connectivity index (χ4n) is 3.82. The van der Waals surface area contributed by atoms with Crippen LogP contribution in [0.3, 0.4) is 0 Å². The van der Waals surface area contributed by atoms with Gasteiger partial charge in [-0.15, -0.1) is 11.3 Å². The van der Waals surface area contributed by atoms with Gasteiger partial charge in [-0.05, 0) is 48.3 Å². The van der Waals surface area contributed by atoms with Crippen molar-refractivity contribution in [3.8, 4) is 0 Å². The van der Waals surface area contributed by atoms with Crippen molar-refractivity contribution in [2.24, 2.45) is 0 Å². The molecule has 2 fully saturated rings. The van der Waals surface area contributed by atoms with Crippen LogP contribution in [0.5, 0.6) is 0 Å². The van der Waals surface area contributed by atoms with Crippen molar-refractivity contribution in [2.75, 3.05) is 24.6 Å². The molecule has 2 N–H and O–H groups in total. The highest BCUT2D eigenvalue weighted by atomic mass is 32.2. The predicted octanol–water partition coefficient (Wildman–Crippen LogP) is 2.96. The van der Waals surface area contributed by atoms with Gasteiger partial charge in [-0.1, -0.05) is 18.2 Å². The van der Waals surface area contributed by atoms with E-state index in [2.05, 4.69) is 10.2 Å². The molecule has 0 radical (unpaired) electrons. The number of piperidine rings is 1. The number of rotatable bonds is 3. The summed E-state index contributed by atoms with van der Waals surface area (Å²) in [6.07, 6.45) is 2.73. The van der Waals surface area contributed by atoms with Crippen molar-refractivity contribution in [2.45, 2.75) is 37.5 Å². The number of likely N-dealkylation sites (tertiary alicyclic amines) is 1. The first-order chi connectivity index (χ1) is 12.2. The Labute approximate surface area is 156 Å². The monoisotopic (exact) mass is 376 g/mol. The van der Waals surface area contributed by atoms with Crippen LogP contribution in [0.4, 0.5) is 0 Å². The number of aliphatic hydroxyl groups excluding tert-OH is 1. The Morgan fingerprint density at radius 2 is 2.00 bits per heavy atom. The van der Waals surface area contributed by atoms with E-state index < -0.39 is 6.10 Å². The number of aliphatic hydroxyl groups is 1. The quantitative estimate of drug-likeness (QED) is 0.865. The molecule has 25 heavy (non-hydrogen) atoms. The number of amides is 1. The Kier molecular flexibility index (Phi) is 5.31. The number of nitrogens with zero attached hydrogens (tertiary/aromatic N) is 1. The van der Waals surface area contributed by atoms with E-state index in [4.69, 9.17) is 0 Å². The Hall–Kier alpha value is -1.08. The van der Waals surface area contributed by atoms with Gasteiger partial charge in [-0.3, -0.25) is 9.69 Å². The van der Waals surface area contributed by atoms with Crippen molar-refractivity contribution >= 4 is 39.1 Å². The summed E-state index contributed by atoms with van der Waals surface area (Å²) in [5, 5.41) is 14.6. The molecular formula is C19H24N2O2S2. The Bertz CT molecular complexity index is 709. The molecule has 1 aromatic carbocycles. The summed E-state index contributed by atoms with van der Waals surface area (Å²) in [6.45, 7) is 1.69. The Morgan fingerprint density at radius 1 is 1.20 bits per heavy atom. The summed E-state index contributed by atoms with van der Waals surface area (Å²) in [5.74, 6) is 2.39. The number of nitrogens with one attached hydrogen (secondary N) is 1. The first-order valence-electron chi connectivity index (χ1n) is 9.00. The summed E-state index contributed by atoms with van der Waals surface area (Å²) >= 11 is 3.54. The molecule has 2 aliphatic heterocycles. The number of hydrogen-bond acceptors (Lipinski definition) is 5. The van der Waals surface area contributed by atoms with Crippen LogP contribution in [0.15, 0.2) is 30.3 Å². The zero-order valence-corrected chi connectivity index (χ0v) is 15.8. The molecule has 0 aliphatic carbocycles. The van der Waals surface area contributed by atoms with Crippen LogP contribution in [-0.2, 0) is 0 Å². The average molecular weight is 377 g/mol. The first-order valence-corrected chi connectivity index (χ1v) is 11.0. The Morgan fingerprint density at radius 3 is 2.80 bits per heavy atom. The predicted molar refractivity (Wildman–Crippen MR) is 106 cm³/mol. The molecule has 2 saturated heterocycles. The van der Waals surface area contributed by atoms with Gasteiger partial charge in [-0.25, -0.2) is 0 Å². The molecule has 2 atom stereocenters. The third-order valence-corrected chi connectivity index (χ3v) is 7.44. The third kappa shape index (κ3) is 3.87. The molecule has 3 heterocycles. The van der Waals surface area contributed by atoms with Gasteiger partial charge in [-0.2, -0.15) is 11.8 Å². The van der Waals surface area contributed by atoms with Crippen LogP contribution in [0.1, 0.15) is 28.9 Å². The van der Waals surface area contributed by atoms with E-state index in [1.54, 1.807) is 0 Å². The van der Waals surface area contributed by atoms with Gasteiger partial charge in [0, 0.05) is 23.8 Å². The molecular weight excluding hydrogens is 352 g/mol. The summed E-state index contributed by atoms with van der Waals surface area (Å²) in [5.41, 5.74) is 0. The number of benzene rings is 1. The van der Waals surface area contributed by atoms with Crippen molar-refractivity contribution in [1.82, 2.24) is 10.2 Å². The lowest BCUT2D eigenvalue weighted by Gasteiger charge is -2.42. The van der Waals surface area contributed by atoms with E-state index in [1.165, 1.54) is 35.7 Å². The number of thiophene rings is 1. The molecule has 4 nitrogen and oxygen atoms in total. The molecule has 6 heteroatoms.